The summed E-state index contributed by atoms with van der Waals surface area (Å²) < 4.78 is 5.38. The molecule has 2 aliphatic heterocycles. The zero-order valence-electron chi connectivity index (χ0n) is 17.0. The molecule has 2 fully saturated rings. The molecule has 2 saturated heterocycles. The minimum atomic E-state index is 0. The Morgan fingerprint density at radius 1 is 1.22 bits per heavy atom. The van der Waals surface area contributed by atoms with Crippen molar-refractivity contribution >= 4 is 35.8 Å². The van der Waals surface area contributed by atoms with Crippen LogP contribution in [0.1, 0.15) is 46.0 Å². The summed E-state index contributed by atoms with van der Waals surface area (Å²) in [5, 5.41) is 6.75. The molecule has 158 valence electrons. The fourth-order valence-corrected chi connectivity index (χ4v) is 3.64. The average molecular weight is 495 g/mol. The second-order valence-corrected chi connectivity index (χ2v) is 7.04. The largest absolute Gasteiger partial charge is 0.379 e. The lowest BCUT2D eigenvalue weighted by Gasteiger charge is -2.27. The number of guanidine groups is 1. The number of hydrogen-bond donors (Lipinski definition) is 2. The lowest BCUT2D eigenvalue weighted by molar-refractivity contribution is -0.129. The van der Waals surface area contributed by atoms with Gasteiger partial charge < -0.3 is 20.3 Å². The smallest absolute Gasteiger partial charge is 0.222 e. The molecular weight excluding hydrogens is 457 g/mol. The van der Waals surface area contributed by atoms with Gasteiger partial charge in [-0.05, 0) is 32.6 Å². The van der Waals surface area contributed by atoms with Crippen molar-refractivity contribution < 1.29 is 9.53 Å². The van der Waals surface area contributed by atoms with Gasteiger partial charge in [-0.15, -0.1) is 24.0 Å². The molecule has 7 nitrogen and oxygen atoms in total. The number of rotatable bonds is 10. The van der Waals surface area contributed by atoms with E-state index in [4.69, 9.17) is 4.74 Å². The summed E-state index contributed by atoms with van der Waals surface area (Å²) in [6.07, 6.45) is 4.78. The van der Waals surface area contributed by atoms with Gasteiger partial charge in [0.25, 0.3) is 0 Å². The molecular formula is C19H38IN5O2. The van der Waals surface area contributed by atoms with Crippen LogP contribution < -0.4 is 10.6 Å². The van der Waals surface area contributed by atoms with Crippen LogP contribution in [0.2, 0.25) is 0 Å². The molecule has 2 N–H and O–H groups in total. The lowest BCUT2D eigenvalue weighted by Crippen LogP contribution is -2.42. The van der Waals surface area contributed by atoms with E-state index in [0.717, 1.165) is 97.1 Å². The van der Waals surface area contributed by atoms with Gasteiger partial charge in [-0.25, -0.2) is 0 Å². The maximum atomic E-state index is 11.9. The van der Waals surface area contributed by atoms with Crippen molar-refractivity contribution in [2.45, 2.75) is 52.0 Å². The molecule has 0 aromatic carbocycles. The van der Waals surface area contributed by atoms with E-state index in [1.54, 1.807) is 0 Å². The number of ether oxygens (including phenoxy) is 1. The standard InChI is InChI=1S/C19H37N5O2.HI/c1-3-17(24-12-5-7-18(24)25)8-10-22-19(20-4-2)21-9-6-11-23-13-15-26-16-14-23;/h17H,3-16H2,1-2H3,(H2,20,21,22);1H. The Labute approximate surface area is 181 Å². The number of carbonyl (C=O) groups is 1. The molecule has 2 heterocycles. The maximum Gasteiger partial charge on any atom is 0.222 e. The van der Waals surface area contributed by atoms with Gasteiger partial charge in [0, 0.05) is 58.3 Å². The average Bonchev–Trinajstić information content (AvgIpc) is 3.09. The highest BCUT2D eigenvalue weighted by Crippen LogP contribution is 2.17. The Morgan fingerprint density at radius 2 is 2.00 bits per heavy atom. The topological polar surface area (TPSA) is 69.2 Å². The number of nitrogens with one attached hydrogen (secondary N) is 2. The van der Waals surface area contributed by atoms with E-state index in [0.29, 0.717) is 11.9 Å². The fourth-order valence-electron chi connectivity index (χ4n) is 3.64. The number of morpholine rings is 1. The summed E-state index contributed by atoms with van der Waals surface area (Å²) in [7, 11) is 0. The summed E-state index contributed by atoms with van der Waals surface area (Å²) in [5.41, 5.74) is 0. The molecule has 1 unspecified atom stereocenters. The van der Waals surface area contributed by atoms with E-state index in [9.17, 15) is 4.79 Å². The van der Waals surface area contributed by atoms with E-state index < -0.39 is 0 Å². The zero-order valence-corrected chi connectivity index (χ0v) is 19.4. The van der Waals surface area contributed by atoms with Gasteiger partial charge in [-0.3, -0.25) is 14.7 Å². The quantitative estimate of drug-likeness (QED) is 0.209. The van der Waals surface area contributed by atoms with E-state index in [1.165, 1.54) is 0 Å². The summed E-state index contributed by atoms with van der Waals surface area (Å²) in [6, 6.07) is 0.349. The summed E-state index contributed by atoms with van der Waals surface area (Å²) >= 11 is 0. The van der Waals surface area contributed by atoms with Crippen LogP contribution in [0, 0.1) is 0 Å². The highest BCUT2D eigenvalue weighted by atomic mass is 127. The van der Waals surface area contributed by atoms with Crippen LogP contribution in [0.5, 0.6) is 0 Å². The molecule has 1 amide bonds. The minimum Gasteiger partial charge on any atom is -0.379 e. The fraction of sp³-hybridized carbons (Fsp3) is 0.895. The van der Waals surface area contributed by atoms with Crippen molar-refractivity contribution in [3.63, 3.8) is 0 Å². The molecule has 2 rings (SSSR count). The number of likely N-dealkylation sites (tertiary alicyclic amines) is 1. The van der Waals surface area contributed by atoms with E-state index >= 15 is 0 Å². The second kappa shape index (κ2) is 14.4. The predicted molar refractivity (Wildman–Crippen MR) is 121 cm³/mol. The number of carbonyl (C=O) groups excluding carboxylic acids is 1. The number of aliphatic imine (C=N–C) groups is 1. The van der Waals surface area contributed by atoms with Crippen LogP contribution in [0.25, 0.3) is 0 Å². The van der Waals surface area contributed by atoms with E-state index in [-0.39, 0.29) is 24.0 Å². The number of hydrogen-bond acceptors (Lipinski definition) is 4. The predicted octanol–water partition coefficient (Wildman–Crippen LogP) is 1.67. The van der Waals surface area contributed by atoms with Crippen LogP contribution >= 0.6 is 24.0 Å². The number of amides is 1. The molecule has 8 heteroatoms. The summed E-state index contributed by atoms with van der Waals surface area (Å²) in [5.74, 6) is 1.21. The van der Waals surface area contributed by atoms with Crippen molar-refractivity contribution in [2.24, 2.45) is 4.99 Å². The van der Waals surface area contributed by atoms with Crippen LogP contribution in [0.3, 0.4) is 0 Å². The van der Waals surface area contributed by atoms with E-state index in [1.807, 2.05) is 0 Å². The molecule has 0 spiro atoms. The van der Waals surface area contributed by atoms with Crippen molar-refractivity contribution in [1.29, 1.82) is 0 Å². The highest BCUT2D eigenvalue weighted by Gasteiger charge is 2.26. The van der Waals surface area contributed by atoms with Crippen molar-refractivity contribution in [2.75, 3.05) is 59.0 Å². The van der Waals surface area contributed by atoms with Crippen LogP contribution in [-0.4, -0.2) is 86.7 Å². The third-order valence-electron chi connectivity index (χ3n) is 5.14. The third kappa shape index (κ3) is 8.95. The zero-order chi connectivity index (χ0) is 18.6. The van der Waals surface area contributed by atoms with Crippen LogP contribution in [0.15, 0.2) is 4.99 Å². The van der Waals surface area contributed by atoms with Crippen molar-refractivity contribution in [3.8, 4) is 0 Å². The van der Waals surface area contributed by atoms with Gasteiger partial charge in [-0.1, -0.05) is 6.92 Å². The molecule has 27 heavy (non-hydrogen) atoms. The SMILES string of the molecule is CCNC(=NCCCN1CCOCC1)NCCC(CC)N1CCCC1=O.I. The first-order chi connectivity index (χ1) is 12.7. The van der Waals surface area contributed by atoms with Gasteiger partial charge in [0.15, 0.2) is 5.96 Å². The summed E-state index contributed by atoms with van der Waals surface area (Å²) in [6.45, 7) is 12.6. The van der Waals surface area contributed by atoms with Crippen molar-refractivity contribution in [1.82, 2.24) is 20.4 Å². The Hall–Kier alpha value is -0.610. The van der Waals surface area contributed by atoms with Crippen LogP contribution in [0.4, 0.5) is 0 Å². The number of halogens is 1. The molecule has 0 radical (unpaired) electrons. The molecule has 0 aromatic rings. The van der Waals surface area contributed by atoms with E-state index in [2.05, 4.69) is 39.3 Å². The lowest BCUT2D eigenvalue weighted by atomic mass is 10.1. The molecule has 1 atom stereocenters. The monoisotopic (exact) mass is 495 g/mol. The molecule has 0 saturated carbocycles. The molecule has 0 bridgehead atoms. The first kappa shape index (κ1) is 24.4. The third-order valence-corrected chi connectivity index (χ3v) is 5.14. The second-order valence-electron chi connectivity index (χ2n) is 7.04. The summed E-state index contributed by atoms with van der Waals surface area (Å²) in [4.78, 5) is 21.1. The Bertz CT molecular complexity index is 444. The Morgan fingerprint density at radius 3 is 2.63 bits per heavy atom. The van der Waals surface area contributed by atoms with Gasteiger partial charge >= 0.3 is 0 Å². The molecule has 2 aliphatic rings. The normalized spacial score (nSPS) is 19.7. The molecule has 0 aromatic heterocycles. The minimum absolute atomic E-state index is 0. The van der Waals surface area contributed by atoms with Gasteiger partial charge in [0.1, 0.15) is 0 Å². The van der Waals surface area contributed by atoms with Gasteiger partial charge in [0.05, 0.1) is 13.2 Å². The highest BCUT2D eigenvalue weighted by molar-refractivity contribution is 14.0. The first-order valence-electron chi connectivity index (χ1n) is 10.4. The first-order valence-corrected chi connectivity index (χ1v) is 10.4. The maximum absolute atomic E-state index is 11.9. The number of nitrogens with zero attached hydrogens (tertiary/aromatic N) is 3. The molecule has 0 aliphatic carbocycles. The Balaban J connectivity index is 0.00000364. The van der Waals surface area contributed by atoms with Crippen LogP contribution in [-0.2, 0) is 9.53 Å². The Kier molecular flexibility index (Phi) is 13.0. The van der Waals surface area contributed by atoms with Crippen molar-refractivity contribution in [3.05, 3.63) is 0 Å². The van der Waals surface area contributed by atoms with Gasteiger partial charge in [-0.2, -0.15) is 0 Å². The van der Waals surface area contributed by atoms with Gasteiger partial charge in [0.2, 0.25) is 5.91 Å².